The van der Waals surface area contributed by atoms with Crippen LogP contribution in [-0.4, -0.2) is 27.5 Å². The lowest BCUT2D eigenvalue weighted by atomic mass is 10.1. The topological polar surface area (TPSA) is 97.4 Å². The Morgan fingerprint density at radius 3 is 2.79 bits per heavy atom. The zero-order valence-electron chi connectivity index (χ0n) is 15.5. The van der Waals surface area contributed by atoms with Gasteiger partial charge in [-0.25, -0.2) is 9.78 Å². The van der Waals surface area contributed by atoms with E-state index in [2.05, 4.69) is 11.1 Å². The van der Waals surface area contributed by atoms with E-state index in [-0.39, 0.29) is 24.7 Å². The Bertz CT molecular complexity index is 1050. The maximum absolute atomic E-state index is 12.1. The molecule has 0 radical (unpaired) electrons. The molecule has 7 nitrogen and oxygen atoms in total. The first kappa shape index (κ1) is 19.0. The Hall–Kier alpha value is -3.79. The van der Waals surface area contributed by atoms with Crippen molar-refractivity contribution in [2.45, 2.75) is 20.5 Å². The molecule has 142 valence electrons. The van der Waals surface area contributed by atoms with Crippen molar-refractivity contribution in [3.05, 3.63) is 71.0 Å². The third-order valence-corrected chi connectivity index (χ3v) is 4.08. The molecular formula is C21H19N3O4. The molecule has 0 amide bonds. The van der Waals surface area contributed by atoms with Gasteiger partial charge >= 0.3 is 5.97 Å². The molecule has 2 aromatic carbocycles. The highest BCUT2D eigenvalue weighted by Gasteiger charge is 2.24. The smallest absolute Gasteiger partial charge is 0.360 e. The van der Waals surface area contributed by atoms with Crippen LogP contribution in [-0.2, 0) is 11.3 Å². The van der Waals surface area contributed by atoms with E-state index in [1.165, 1.54) is 0 Å². The first-order valence-electron chi connectivity index (χ1n) is 8.72. The van der Waals surface area contributed by atoms with Gasteiger partial charge in [0.25, 0.3) is 0 Å². The first-order chi connectivity index (χ1) is 13.5. The zero-order valence-corrected chi connectivity index (χ0v) is 15.5. The predicted octanol–water partition coefficient (Wildman–Crippen LogP) is 3.72. The standard InChI is InChI=1S/C21H19N3O4/c1-3-27-21(25)19-14(2)23-20(24(19)26)17-9-4-5-10-18(17)28-13-16-8-6-7-15(11-16)12-22/h4-11,26H,3,13H2,1-2H3. The van der Waals surface area contributed by atoms with Gasteiger partial charge in [0.05, 0.1) is 29.5 Å². The fourth-order valence-corrected chi connectivity index (χ4v) is 2.80. The molecule has 0 aliphatic heterocycles. The van der Waals surface area contributed by atoms with Gasteiger partial charge in [0.15, 0.2) is 11.5 Å². The van der Waals surface area contributed by atoms with E-state index in [4.69, 9.17) is 14.7 Å². The Morgan fingerprint density at radius 2 is 2.04 bits per heavy atom. The summed E-state index contributed by atoms with van der Waals surface area (Å²) >= 11 is 0. The summed E-state index contributed by atoms with van der Waals surface area (Å²) in [6.45, 7) is 3.75. The maximum Gasteiger partial charge on any atom is 0.360 e. The lowest BCUT2D eigenvalue weighted by molar-refractivity contribution is 0.0476. The second-order valence-electron chi connectivity index (χ2n) is 6.00. The van der Waals surface area contributed by atoms with Gasteiger partial charge in [-0.05, 0) is 43.7 Å². The third-order valence-electron chi connectivity index (χ3n) is 4.08. The van der Waals surface area contributed by atoms with E-state index in [0.29, 0.717) is 22.6 Å². The van der Waals surface area contributed by atoms with Gasteiger partial charge in [-0.3, -0.25) is 0 Å². The number of rotatable bonds is 6. The summed E-state index contributed by atoms with van der Waals surface area (Å²) in [6.07, 6.45) is 0. The second kappa shape index (κ2) is 8.27. The number of carbonyl (C=O) groups is 1. The molecule has 0 bridgehead atoms. The molecule has 3 rings (SSSR count). The van der Waals surface area contributed by atoms with Crippen molar-refractivity contribution >= 4 is 5.97 Å². The highest BCUT2D eigenvalue weighted by Crippen LogP contribution is 2.31. The normalized spacial score (nSPS) is 10.3. The van der Waals surface area contributed by atoms with Gasteiger partial charge in [0.1, 0.15) is 12.4 Å². The quantitative estimate of drug-likeness (QED) is 0.519. The number of aromatic nitrogens is 2. The summed E-state index contributed by atoms with van der Waals surface area (Å²) in [7, 11) is 0. The molecule has 28 heavy (non-hydrogen) atoms. The molecule has 0 spiro atoms. The monoisotopic (exact) mass is 377 g/mol. The summed E-state index contributed by atoms with van der Waals surface area (Å²) in [6, 6.07) is 16.3. The summed E-state index contributed by atoms with van der Waals surface area (Å²) < 4.78 is 11.6. The van der Waals surface area contributed by atoms with Crippen LogP contribution < -0.4 is 4.74 Å². The average molecular weight is 377 g/mol. The Kier molecular flexibility index (Phi) is 5.61. The Balaban J connectivity index is 1.92. The van der Waals surface area contributed by atoms with E-state index in [0.717, 1.165) is 10.3 Å². The van der Waals surface area contributed by atoms with Crippen molar-refractivity contribution in [3.8, 4) is 23.2 Å². The van der Waals surface area contributed by atoms with Crippen LogP contribution >= 0.6 is 0 Å². The van der Waals surface area contributed by atoms with Crippen molar-refractivity contribution in [1.82, 2.24) is 9.71 Å². The number of hydrogen-bond donors (Lipinski definition) is 1. The van der Waals surface area contributed by atoms with Crippen molar-refractivity contribution in [3.63, 3.8) is 0 Å². The molecule has 1 heterocycles. The number of hydrogen-bond acceptors (Lipinski definition) is 6. The highest BCUT2D eigenvalue weighted by molar-refractivity contribution is 5.90. The molecule has 0 unspecified atom stereocenters. The Morgan fingerprint density at radius 1 is 1.25 bits per heavy atom. The number of imidazole rings is 1. The van der Waals surface area contributed by atoms with Crippen molar-refractivity contribution < 1.29 is 19.5 Å². The van der Waals surface area contributed by atoms with Crippen LogP contribution in [0, 0.1) is 18.3 Å². The van der Waals surface area contributed by atoms with Gasteiger partial charge in [-0.1, -0.05) is 24.3 Å². The van der Waals surface area contributed by atoms with Gasteiger partial charge in [0, 0.05) is 0 Å². The molecule has 0 aliphatic rings. The van der Waals surface area contributed by atoms with Crippen LogP contribution in [0.15, 0.2) is 48.5 Å². The van der Waals surface area contributed by atoms with Crippen molar-refractivity contribution in [2.24, 2.45) is 0 Å². The molecule has 0 aliphatic carbocycles. The van der Waals surface area contributed by atoms with Crippen LogP contribution in [0.4, 0.5) is 0 Å². The minimum atomic E-state index is -0.645. The predicted molar refractivity (Wildman–Crippen MR) is 101 cm³/mol. The molecule has 1 aromatic heterocycles. The summed E-state index contributed by atoms with van der Waals surface area (Å²) in [5, 5.41) is 19.5. The lowest BCUT2D eigenvalue weighted by Crippen LogP contribution is -2.12. The molecule has 1 N–H and O–H groups in total. The van der Waals surface area contributed by atoms with E-state index in [1.807, 2.05) is 6.07 Å². The molecule has 0 saturated heterocycles. The number of nitrogens with zero attached hydrogens (tertiary/aromatic N) is 3. The van der Waals surface area contributed by atoms with Gasteiger partial charge in [-0.15, -0.1) is 0 Å². The molecule has 7 heteroatoms. The molecule has 0 atom stereocenters. The van der Waals surface area contributed by atoms with Gasteiger partial charge in [0.2, 0.25) is 0 Å². The van der Waals surface area contributed by atoms with E-state index >= 15 is 0 Å². The van der Waals surface area contributed by atoms with Crippen LogP contribution in [0.1, 0.15) is 34.2 Å². The first-order valence-corrected chi connectivity index (χ1v) is 8.72. The number of esters is 1. The molecular weight excluding hydrogens is 358 g/mol. The molecule has 0 fully saturated rings. The molecule has 3 aromatic rings. The van der Waals surface area contributed by atoms with Crippen LogP contribution in [0.3, 0.4) is 0 Å². The van der Waals surface area contributed by atoms with E-state index < -0.39 is 5.97 Å². The Labute approximate surface area is 162 Å². The van der Waals surface area contributed by atoms with Crippen LogP contribution in [0.25, 0.3) is 11.4 Å². The fourth-order valence-electron chi connectivity index (χ4n) is 2.80. The zero-order chi connectivity index (χ0) is 20.1. The van der Waals surface area contributed by atoms with Crippen LogP contribution in [0.2, 0.25) is 0 Å². The van der Waals surface area contributed by atoms with Crippen LogP contribution in [0.5, 0.6) is 5.75 Å². The summed E-state index contributed by atoms with van der Waals surface area (Å²) in [4.78, 5) is 16.4. The van der Waals surface area contributed by atoms with E-state index in [1.54, 1.807) is 56.3 Å². The largest absolute Gasteiger partial charge is 0.488 e. The fraction of sp³-hybridized carbons (Fsp3) is 0.190. The number of carbonyl (C=O) groups excluding carboxylic acids is 1. The highest BCUT2D eigenvalue weighted by atomic mass is 16.5. The van der Waals surface area contributed by atoms with Crippen molar-refractivity contribution in [2.75, 3.05) is 6.61 Å². The van der Waals surface area contributed by atoms with E-state index in [9.17, 15) is 10.0 Å². The number of para-hydroxylation sites is 1. The lowest BCUT2D eigenvalue weighted by Gasteiger charge is -2.11. The van der Waals surface area contributed by atoms with Gasteiger partial charge < -0.3 is 14.7 Å². The maximum atomic E-state index is 12.1. The number of ether oxygens (including phenoxy) is 2. The number of nitriles is 1. The number of aryl methyl sites for hydroxylation is 1. The summed E-state index contributed by atoms with van der Waals surface area (Å²) in [5.41, 5.74) is 2.25. The minimum Gasteiger partial charge on any atom is -0.488 e. The van der Waals surface area contributed by atoms with Crippen molar-refractivity contribution in [1.29, 1.82) is 5.26 Å². The van der Waals surface area contributed by atoms with Gasteiger partial charge in [-0.2, -0.15) is 9.99 Å². The number of benzene rings is 2. The molecule has 0 saturated carbocycles. The minimum absolute atomic E-state index is 0.0200. The average Bonchev–Trinajstić information content (AvgIpc) is 3.01. The second-order valence-corrected chi connectivity index (χ2v) is 6.00. The SMILES string of the molecule is CCOC(=O)c1c(C)nc(-c2ccccc2OCc2cccc(C#N)c2)n1O. The summed E-state index contributed by atoms with van der Waals surface area (Å²) in [5.74, 6) is 0.0236. The third kappa shape index (κ3) is 3.81.